The maximum Gasteiger partial charge on any atom is 0.147 e. The number of fused-ring (bicyclic) bond motifs is 1. The topological polar surface area (TPSA) is 60.0 Å². The highest BCUT2D eigenvalue weighted by molar-refractivity contribution is 4.94. The van der Waals surface area contributed by atoms with Crippen molar-refractivity contribution in [2.75, 3.05) is 19.6 Å². The van der Waals surface area contributed by atoms with Crippen molar-refractivity contribution >= 4 is 0 Å². The predicted molar refractivity (Wildman–Crippen MR) is 65.3 cm³/mol. The van der Waals surface area contributed by atoms with E-state index in [-0.39, 0.29) is 0 Å². The van der Waals surface area contributed by atoms with Gasteiger partial charge in [-0.15, -0.1) is 10.2 Å². The average molecular weight is 235 g/mol. The van der Waals surface area contributed by atoms with Gasteiger partial charge in [0.05, 0.1) is 6.54 Å². The fourth-order valence-electron chi connectivity index (χ4n) is 3.28. The number of nitrogens with zero attached hydrogens (tertiary/aromatic N) is 4. The zero-order valence-corrected chi connectivity index (χ0v) is 10.3. The van der Waals surface area contributed by atoms with Gasteiger partial charge in [0.15, 0.2) is 0 Å². The van der Waals surface area contributed by atoms with E-state index in [0.29, 0.717) is 5.41 Å². The van der Waals surface area contributed by atoms with Gasteiger partial charge in [-0.05, 0) is 24.8 Å². The summed E-state index contributed by atoms with van der Waals surface area (Å²) in [5.41, 5.74) is 6.38. The van der Waals surface area contributed by atoms with Crippen molar-refractivity contribution in [3.63, 3.8) is 0 Å². The van der Waals surface area contributed by atoms with Crippen molar-refractivity contribution in [3.8, 4) is 0 Å². The lowest BCUT2D eigenvalue weighted by molar-refractivity contribution is 0.129. The minimum Gasteiger partial charge on any atom is -0.330 e. The molecule has 1 saturated carbocycles. The molecule has 0 amide bonds. The van der Waals surface area contributed by atoms with E-state index in [0.717, 1.165) is 38.5 Å². The Kier molecular flexibility index (Phi) is 2.88. The van der Waals surface area contributed by atoms with Gasteiger partial charge in [-0.2, -0.15) is 0 Å². The third kappa shape index (κ3) is 2.09. The van der Waals surface area contributed by atoms with Crippen LogP contribution in [0.5, 0.6) is 0 Å². The maximum atomic E-state index is 6.00. The lowest BCUT2D eigenvalue weighted by atomic mass is 9.85. The van der Waals surface area contributed by atoms with Gasteiger partial charge in [0.2, 0.25) is 0 Å². The monoisotopic (exact) mass is 235 g/mol. The highest BCUT2D eigenvalue weighted by Crippen LogP contribution is 2.38. The van der Waals surface area contributed by atoms with Gasteiger partial charge in [0.1, 0.15) is 12.2 Å². The Morgan fingerprint density at radius 3 is 2.88 bits per heavy atom. The molecule has 0 saturated heterocycles. The summed E-state index contributed by atoms with van der Waals surface area (Å²) in [7, 11) is 0. The second kappa shape index (κ2) is 4.38. The molecule has 2 N–H and O–H groups in total. The molecule has 0 aromatic carbocycles. The number of nitrogens with two attached hydrogens (primary N) is 1. The Balaban J connectivity index is 1.67. The average Bonchev–Trinajstić information content (AvgIpc) is 2.97. The van der Waals surface area contributed by atoms with Gasteiger partial charge in [-0.25, -0.2) is 0 Å². The molecule has 5 nitrogen and oxygen atoms in total. The molecule has 17 heavy (non-hydrogen) atoms. The van der Waals surface area contributed by atoms with Crippen molar-refractivity contribution in [2.24, 2.45) is 11.1 Å². The molecule has 1 aliphatic heterocycles. The van der Waals surface area contributed by atoms with E-state index in [4.69, 9.17) is 5.73 Å². The fraction of sp³-hybridized carbons (Fsp3) is 0.833. The van der Waals surface area contributed by atoms with Crippen molar-refractivity contribution in [3.05, 3.63) is 12.2 Å². The normalized spacial score (nSPS) is 23.8. The van der Waals surface area contributed by atoms with Crippen LogP contribution in [0.4, 0.5) is 0 Å². The molecule has 5 heteroatoms. The number of hydrogen-bond acceptors (Lipinski definition) is 4. The Labute approximate surface area is 102 Å². The molecule has 3 rings (SSSR count). The second-order valence-corrected chi connectivity index (χ2v) is 5.56. The SMILES string of the molecule is NCC1(CN2CCn3cnnc3C2)CCCC1. The Morgan fingerprint density at radius 1 is 1.29 bits per heavy atom. The van der Waals surface area contributed by atoms with Crippen molar-refractivity contribution in [1.29, 1.82) is 0 Å². The molecule has 0 unspecified atom stereocenters. The van der Waals surface area contributed by atoms with Crippen LogP contribution in [0.3, 0.4) is 0 Å². The molecule has 1 aliphatic carbocycles. The van der Waals surface area contributed by atoms with Crippen LogP contribution >= 0.6 is 0 Å². The first-order valence-electron chi connectivity index (χ1n) is 6.60. The molecule has 0 spiro atoms. The highest BCUT2D eigenvalue weighted by atomic mass is 15.3. The summed E-state index contributed by atoms with van der Waals surface area (Å²) >= 11 is 0. The fourth-order valence-corrected chi connectivity index (χ4v) is 3.28. The summed E-state index contributed by atoms with van der Waals surface area (Å²) < 4.78 is 2.15. The first-order valence-corrected chi connectivity index (χ1v) is 6.60. The minimum absolute atomic E-state index is 0.377. The summed E-state index contributed by atoms with van der Waals surface area (Å²) in [6.07, 6.45) is 7.13. The largest absolute Gasteiger partial charge is 0.330 e. The predicted octanol–water partition coefficient (Wildman–Crippen LogP) is 0.613. The van der Waals surface area contributed by atoms with E-state index in [1.165, 1.54) is 25.7 Å². The van der Waals surface area contributed by atoms with Gasteiger partial charge in [-0.1, -0.05) is 12.8 Å². The van der Waals surface area contributed by atoms with E-state index in [2.05, 4.69) is 19.7 Å². The number of rotatable bonds is 3. The van der Waals surface area contributed by atoms with Crippen molar-refractivity contribution in [1.82, 2.24) is 19.7 Å². The van der Waals surface area contributed by atoms with Crippen LogP contribution in [-0.4, -0.2) is 39.3 Å². The van der Waals surface area contributed by atoms with Gasteiger partial charge in [0.25, 0.3) is 0 Å². The summed E-state index contributed by atoms with van der Waals surface area (Å²) in [6.45, 7) is 5.02. The lowest BCUT2D eigenvalue weighted by Crippen LogP contribution is -2.44. The molecule has 1 fully saturated rings. The van der Waals surface area contributed by atoms with Crippen LogP contribution in [0.2, 0.25) is 0 Å². The molecule has 94 valence electrons. The zero-order chi connectivity index (χ0) is 11.7. The smallest absolute Gasteiger partial charge is 0.147 e. The first kappa shape index (κ1) is 11.2. The van der Waals surface area contributed by atoms with Crippen LogP contribution in [0.25, 0.3) is 0 Å². The van der Waals surface area contributed by atoms with Gasteiger partial charge in [-0.3, -0.25) is 4.90 Å². The standard InChI is InChI=1S/C12H21N5/c13-8-12(3-1-2-4-12)9-16-5-6-17-10-14-15-11(17)7-16/h10H,1-9,13H2. The number of aromatic nitrogens is 3. The first-order chi connectivity index (χ1) is 8.31. The number of hydrogen-bond donors (Lipinski definition) is 1. The maximum absolute atomic E-state index is 6.00. The molecular weight excluding hydrogens is 214 g/mol. The molecular formula is C12H21N5. The molecule has 0 bridgehead atoms. The Morgan fingerprint density at radius 2 is 2.12 bits per heavy atom. The van der Waals surface area contributed by atoms with Crippen molar-refractivity contribution < 1.29 is 0 Å². The van der Waals surface area contributed by atoms with Gasteiger partial charge in [0, 0.05) is 19.6 Å². The summed E-state index contributed by atoms with van der Waals surface area (Å²) in [4.78, 5) is 2.50. The van der Waals surface area contributed by atoms with Crippen LogP contribution in [0.1, 0.15) is 31.5 Å². The van der Waals surface area contributed by atoms with Crippen LogP contribution in [-0.2, 0) is 13.1 Å². The van der Waals surface area contributed by atoms with Gasteiger partial charge < -0.3 is 10.3 Å². The Bertz CT molecular complexity index is 380. The second-order valence-electron chi connectivity index (χ2n) is 5.56. The molecule has 1 aromatic rings. The third-order valence-electron chi connectivity index (χ3n) is 4.37. The third-order valence-corrected chi connectivity index (χ3v) is 4.37. The lowest BCUT2D eigenvalue weighted by Gasteiger charge is -2.36. The molecule has 0 radical (unpaired) electrons. The van der Waals surface area contributed by atoms with E-state index in [9.17, 15) is 0 Å². The minimum atomic E-state index is 0.377. The van der Waals surface area contributed by atoms with Crippen LogP contribution in [0, 0.1) is 5.41 Å². The quantitative estimate of drug-likeness (QED) is 0.834. The molecule has 0 atom stereocenters. The molecule has 2 heterocycles. The van der Waals surface area contributed by atoms with Crippen molar-refractivity contribution in [2.45, 2.75) is 38.8 Å². The van der Waals surface area contributed by atoms with Crippen LogP contribution < -0.4 is 5.73 Å². The van der Waals surface area contributed by atoms with E-state index < -0.39 is 0 Å². The van der Waals surface area contributed by atoms with E-state index >= 15 is 0 Å². The zero-order valence-electron chi connectivity index (χ0n) is 10.3. The van der Waals surface area contributed by atoms with Crippen LogP contribution in [0.15, 0.2) is 6.33 Å². The van der Waals surface area contributed by atoms with E-state index in [1.54, 1.807) is 0 Å². The molecule has 2 aliphatic rings. The summed E-state index contributed by atoms with van der Waals surface area (Å²) in [5, 5.41) is 8.14. The molecule has 1 aromatic heterocycles. The highest BCUT2D eigenvalue weighted by Gasteiger charge is 2.35. The summed E-state index contributed by atoms with van der Waals surface area (Å²) in [5.74, 6) is 1.10. The van der Waals surface area contributed by atoms with E-state index in [1.807, 2.05) is 6.33 Å². The van der Waals surface area contributed by atoms with Gasteiger partial charge >= 0.3 is 0 Å². The Hall–Kier alpha value is -0.940. The summed E-state index contributed by atoms with van der Waals surface area (Å²) in [6, 6.07) is 0.